The van der Waals surface area contributed by atoms with E-state index in [0.29, 0.717) is 5.56 Å². The lowest BCUT2D eigenvalue weighted by Gasteiger charge is -2.39. The van der Waals surface area contributed by atoms with Gasteiger partial charge in [0, 0.05) is 6.04 Å². The fourth-order valence-electron chi connectivity index (χ4n) is 2.88. The minimum Gasteiger partial charge on any atom is -0.323 e. The highest BCUT2D eigenvalue weighted by molar-refractivity contribution is 5.27. The van der Waals surface area contributed by atoms with Gasteiger partial charge < -0.3 is 5.73 Å². The molecule has 0 amide bonds. The molecule has 1 fully saturated rings. The standard InChI is InChI=1S/C15H22FN/c1-11-6-7-12(10-13(11)16)14(17)15(2)8-4-3-5-9-15/h6-7,10,14H,3-5,8-9,17H2,1-2H3. The van der Waals surface area contributed by atoms with Crippen molar-refractivity contribution in [3.05, 3.63) is 35.1 Å². The van der Waals surface area contributed by atoms with Gasteiger partial charge in [0.15, 0.2) is 0 Å². The van der Waals surface area contributed by atoms with E-state index in [1.807, 2.05) is 12.1 Å². The molecule has 1 aliphatic carbocycles. The van der Waals surface area contributed by atoms with Gasteiger partial charge in [-0.3, -0.25) is 0 Å². The molecular weight excluding hydrogens is 213 g/mol. The number of aryl methyl sites for hydroxylation is 1. The first-order valence-corrected chi connectivity index (χ1v) is 6.54. The molecular formula is C15H22FN. The number of benzene rings is 1. The molecule has 1 aliphatic rings. The van der Waals surface area contributed by atoms with Crippen molar-refractivity contribution in [2.75, 3.05) is 0 Å². The molecule has 1 aromatic carbocycles. The monoisotopic (exact) mass is 235 g/mol. The topological polar surface area (TPSA) is 26.0 Å². The van der Waals surface area contributed by atoms with Crippen LogP contribution < -0.4 is 5.73 Å². The van der Waals surface area contributed by atoms with E-state index in [-0.39, 0.29) is 17.3 Å². The van der Waals surface area contributed by atoms with Gasteiger partial charge in [0.25, 0.3) is 0 Å². The van der Waals surface area contributed by atoms with Gasteiger partial charge in [-0.1, -0.05) is 38.3 Å². The maximum absolute atomic E-state index is 13.6. The Labute approximate surface area is 103 Å². The molecule has 2 rings (SSSR count). The van der Waals surface area contributed by atoms with E-state index < -0.39 is 0 Å². The van der Waals surface area contributed by atoms with Crippen molar-refractivity contribution in [3.63, 3.8) is 0 Å². The summed E-state index contributed by atoms with van der Waals surface area (Å²) in [5.41, 5.74) is 8.13. The maximum atomic E-state index is 13.6. The fourth-order valence-corrected chi connectivity index (χ4v) is 2.88. The first kappa shape index (κ1) is 12.6. The molecule has 1 nitrogen and oxygen atoms in total. The highest BCUT2D eigenvalue weighted by Gasteiger charge is 2.34. The number of nitrogens with two attached hydrogens (primary N) is 1. The third-order valence-corrected chi connectivity index (χ3v) is 4.30. The van der Waals surface area contributed by atoms with Crippen LogP contribution in [0.5, 0.6) is 0 Å². The third-order valence-electron chi connectivity index (χ3n) is 4.30. The number of rotatable bonds is 2. The maximum Gasteiger partial charge on any atom is 0.126 e. The summed E-state index contributed by atoms with van der Waals surface area (Å²) in [5, 5.41) is 0. The summed E-state index contributed by atoms with van der Waals surface area (Å²) in [7, 11) is 0. The van der Waals surface area contributed by atoms with Crippen molar-refractivity contribution in [3.8, 4) is 0 Å². The normalized spacial score (nSPS) is 21.2. The van der Waals surface area contributed by atoms with Crippen molar-refractivity contribution in [2.45, 2.75) is 52.0 Å². The lowest BCUT2D eigenvalue weighted by Crippen LogP contribution is -2.33. The molecule has 1 atom stereocenters. The van der Waals surface area contributed by atoms with Gasteiger partial charge in [0.2, 0.25) is 0 Å². The molecule has 1 unspecified atom stereocenters. The van der Waals surface area contributed by atoms with Crippen LogP contribution in [-0.4, -0.2) is 0 Å². The van der Waals surface area contributed by atoms with Crippen LogP contribution in [0, 0.1) is 18.2 Å². The number of hydrogen-bond acceptors (Lipinski definition) is 1. The Bertz CT molecular complexity index is 394. The Balaban J connectivity index is 2.23. The molecule has 0 spiro atoms. The van der Waals surface area contributed by atoms with Crippen LogP contribution in [0.2, 0.25) is 0 Å². The van der Waals surface area contributed by atoms with Crippen molar-refractivity contribution >= 4 is 0 Å². The first-order valence-electron chi connectivity index (χ1n) is 6.54. The van der Waals surface area contributed by atoms with Crippen molar-refractivity contribution in [2.24, 2.45) is 11.1 Å². The van der Waals surface area contributed by atoms with E-state index in [4.69, 9.17) is 5.73 Å². The molecule has 0 aromatic heterocycles. The fraction of sp³-hybridized carbons (Fsp3) is 0.600. The van der Waals surface area contributed by atoms with E-state index in [1.165, 1.54) is 19.3 Å². The van der Waals surface area contributed by atoms with Gasteiger partial charge in [-0.2, -0.15) is 0 Å². The van der Waals surface area contributed by atoms with Crippen molar-refractivity contribution in [1.82, 2.24) is 0 Å². The average molecular weight is 235 g/mol. The molecule has 0 radical (unpaired) electrons. The second-order valence-electron chi connectivity index (χ2n) is 5.70. The first-order chi connectivity index (χ1) is 8.03. The van der Waals surface area contributed by atoms with Crippen molar-refractivity contribution < 1.29 is 4.39 Å². The van der Waals surface area contributed by atoms with Crippen LogP contribution in [0.15, 0.2) is 18.2 Å². The summed E-state index contributed by atoms with van der Waals surface area (Å²) in [6, 6.07) is 5.37. The molecule has 1 aromatic rings. The zero-order valence-electron chi connectivity index (χ0n) is 10.8. The van der Waals surface area contributed by atoms with E-state index in [0.717, 1.165) is 18.4 Å². The molecule has 0 aliphatic heterocycles. The summed E-state index contributed by atoms with van der Waals surface area (Å²) in [4.78, 5) is 0. The Morgan fingerprint density at radius 3 is 2.47 bits per heavy atom. The minimum absolute atomic E-state index is 0.0436. The van der Waals surface area contributed by atoms with Crippen LogP contribution in [0.25, 0.3) is 0 Å². The lowest BCUT2D eigenvalue weighted by molar-refractivity contribution is 0.170. The van der Waals surface area contributed by atoms with Crippen molar-refractivity contribution in [1.29, 1.82) is 0 Å². The van der Waals surface area contributed by atoms with Gasteiger partial charge in [-0.15, -0.1) is 0 Å². The highest BCUT2D eigenvalue weighted by atomic mass is 19.1. The summed E-state index contributed by atoms with van der Waals surface area (Å²) in [6.07, 6.45) is 6.12. The smallest absolute Gasteiger partial charge is 0.126 e. The van der Waals surface area contributed by atoms with Crippen LogP contribution in [0.3, 0.4) is 0 Å². The number of hydrogen-bond donors (Lipinski definition) is 1. The zero-order valence-corrected chi connectivity index (χ0v) is 10.8. The summed E-state index contributed by atoms with van der Waals surface area (Å²) >= 11 is 0. The van der Waals surface area contributed by atoms with E-state index in [9.17, 15) is 4.39 Å². The molecule has 0 bridgehead atoms. The average Bonchev–Trinajstić information content (AvgIpc) is 2.33. The van der Waals surface area contributed by atoms with Crippen LogP contribution in [0.1, 0.15) is 56.2 Å². The second kappa shape index (κ2) is 4.77. The summed E-state index contributed by atoms with van der Waals surface area (Å²) in [6.45, 7) is 4.03. The largest absolute Gasteiger partial charge is 0.323 e. The SMILES string of the molecule is Cc1ccc(C(N)C2(C)CCCCC2)cc1F. The molecule has 2 N–H and O–H groups in total. The van der Waals surface area contributed by atoms with Gasteiger partial charge in [0.05, 0.1) is 0 Å². The molecule has 17 heavy (non-hydrogen) atoms. The predicted molar refractivity (Wildman–Crippen MR) is 69.3 cm³/mol. The van der Waals surface area contributed by atoms with E-state index >= 15 is 0 Å². The highest BCUT2D eigenvalue weighted by Crippen LogP contribution is 2.44. The zero-order chi connectivity index (χ0) is 12.5. The molecule has 2 heteroatoms. The Morgan fingerprint density at radius 2 is 1.88 bits per heavy atom. The summed E-state index contributed by atoms with van der Waals surface area (Å²) < 4.78 is 13.6. The van der Waals surface area contributed by atoms with Gasteiger partial charge in [-0.05, 0) is 42.4 Å². The van der Waals surface area contributed by atoms with Gasteiger partial charge >= 0.3 is 0 Å². The number of halogens is 1. The summed E-state index contributed by atoms with van der Waals surface area (Å²) in [5.74, 6) is -0.141. The quantitative estimate of drug-likeness (QED) is 0.820. The molecule has 0 saturated heterocycles. The van der Waals surface area contributed by atoms with E-state index in [1.54, 1.807) is 13.0 Å². The molecule has 0 heterocycles. The van der Waals surface area contributed by atoms with Gasteiger partial charge in [0.1, 0.15) is 5.82 Å². The lowest BCUT2D eigenvalue weighted by atomic mass is 9.69. The Hall–Kier alpha value is -0.890. The van der Waals surface area contributed by atoms with Crippen LogP contribution in [-0.2, 0) is 0 Å². The molecule has 94 valence electrons. The van der Waals surface area contributed by atoms with E-state index in [2.05, 4.69) is 6.92 Å². The van der Waals surface area contributed by atoms with Crippen LogP contribution in [0.4, 0.5) is 4.39 Å². The minimum atomic E-state index is -0.141. The predicted octanol–water partition coefficient (Wildman–Crippen LogP) is 4.10. The Kier molecular flexibility index (Phi) is 3.53. The Morgan fingerprint density at radius 1 is 1.24 bits per heavy atom. The van der Waals surface area contributed by atoms with Crippen LogP contribution >= 0.6 is 0 Å². The third kappa shape index (κ3) is 2.52. The second-order valence-corrected chi connectivity index (χ2v) is 5.70. The van der Waals surface area contributed by atoms with Gasteiger partial charge in [-0.25, -0.2) is 4.39 Å². The molecule has 1 saturated carbocycles.